The van der Waals surface area contributed by atoms with Gasteiger partial charge in [0.2, 0.25) is 0 Å². The Hall–Kier alpha value is 0.270. The van der Waals surface area contributed by atoms with Gasteiger partial charge in [0.05, 0.1) is 5.44 Å². The van der Waals surface area contributed by atoms with Crippen molar-refractivity contribution in [2.45, 2.75) is 18.3 Å². The fourth-order valence-electron chi connectivity index (χ4n) is 0.274. The fraction of sp³-hybridized carbons (Fsp3) is 1.00. The lowest BCUT2D eigenvalue weighted by Crippen LogP contribution is -1.96. The van der Waals surface area contributed by atoms with Gasteiger partial charge in [-0.25, -0.2) is 0 Å². The third kappa shape index (κ3) is 6.27. The summed E-state index contributed by atoms with van der Waals surface area (Å²) in [6.45, 7) is 0.137. The molecule has 2 nitrogen and oxygen atoms in total. The lowest BCUT2D eigenvalue weighted by molar-refractivity contribution is 0.222. The molecule has 0 aliphatic heterocycles. The fourth-order valence-corrected chi connectivity index (χ4v) is 0.456. The molecular weight excluding hydrogens is 112 g/mol. The van der Waals surface area contributed by atoms with Crippen LogP contribution < -0.4 is 0 Å². The largest absolute Gasteiger partial charge is 0.396 e. The SMILES string of the molecule is OCCCC(O)S. The van der Waals surface area contributed by atoms with E-state index in [1.165, 1.54) is 0 Å². The Balaban J connectivity index is 2.68. The summed E-state index contributed by atoms with van der Waals surface area (Å²) < 4.78 is 0. The van der Waals surface area contributed by atoms with Crippen LogP contribution in [0.3, 0.4) is 0 Å². The van der Waals surface area contributed by atoms with Crippen molar-refractivity contribution in [2.24, 2.45) is 0 Å². The van der Waals surface area contributed by atoms with E-state index in [1.54, 1.807) is 0 Å². The molecule has 0 aliphatic rings. The minimum atomic E-state index is -0.563. The average Bonchev–Trinajstić information content (AvgIpc) is 1.61. The van der Waals surface area contributed by atoms with Gasteiger partial charge in [-0.15, -0.1) is 12.6 Å². The smallest absolute Gasteiger partial charge is 0.0965 e. The Kier molecular flexibility index (Phi) is 4.60. The summed E-state index contributed by atoms with van der Waals surface area (Å²) in [5, 5.41) is 16.6. The van der Waals surface area contributed by atoms with Crippen LogP contribution in [0.1, 0.15) is 12.8 Å². The molecule has 0 rings (SSSR count). The van der Waals surface area contributed by atoms with Gasteiger partial charge in [-0.05, 0) is 12.8 Å². The molecule has 0 saturated heterocycles. The molecule has 0 bridgehead atoms. The summed E-state index contributed by atoms with van der Waals surface area (Å²) in [6.07, 6.45) is 1.20. The van der Waals surface area contributed by atoms with E-state index in [-0.39, 0.29) is 6.61 Å². The molecule has 0 spiro atoms. The van der Waals surface area contributed by atoms with Gasteiger partial charge in [0, 0.05) is 6.61 Å². The third-order valence-corrected chi connectivity index (χ3v) is 0.879. The summed E-state index contributed by atoms with van der Waals surface area (Å²) in [4.78, 5) is 0. The quantitative estimate of drug-likeness (QED) is 0.364. The minimum absolute atomic E-state index is 0.137. The number of thiol groups is 1. The Morgan fingerprint density at radius 3 is 2.29 bits per heavy atom. The van der Waals surface area contributed by atoms with Crippen molar-refractivity contribution in [1.82, 2.24) is 0 Å². The predicted octanol–water partition coefficient (Wildman–Crippen LogP) is 0.00710. The number of aliphatic hydroxyl groups is 2. The van der Waals surface area contributed by atoms with Gasteiger partial charge in [0.15, 0.2) is 0 Å². The number of hydrogen-bond acceptors (Lipinski definition) is 3. The first-order valence-electron chi connectivity index (χ1n) is 2.24. The van der Waals surface area contributed by atoms with Crippen LogP contribution in [0.2, 0.25) is 0 Å². The van der Waals surface area contributed by atoms with Crippen molar-refractivity contribution in [2.75, 3.05) is 6.61 Å². The van der Waals surface area contributed by atoms with Crippen LogP contribution in [-0.2, 0) is 0 Å². The second-order valence-corrected chi connectivity index (χ2v) is 1.94. The van der Waals surface area contributed by atoms with E-state index in [0.717, 1.165) is 0 Å². The maximum Gasteiger partial charge on any atom is 0.0965 e. The van der Waals surface area contributed by atoms with Crippen LogP contribution in [0.5, 0.6) is 0 Å². The zero-order chi connectivity index (χ0) is 5.70. The minimum Gasteiger partial charge on any atom is -0.396 e. The molecule has 0 aliphatic carbocycles. The molecule has 3 heteroatoms. The van der Waals surface area contributed by atoms with E-state index in [9.17, 15) is 0 Å². The van der Waals surface area contributed by atoms with E-state index in [0.29, 0.717) is 12.8 Å². The standard InChI is InChI=1S/C4H10O2S/c5-3-1-2-4(6)7/h4-7H,1-3H2. The second-order valence-electron chi connectivity index (χ2n) is 1.35. The van der Waals surface area contributed by atoms with Crippen molar-refractivity contribution in [1.29, 1.82) is 0 Å². The summed E-state index contributed by atoms with van der Waals surface area (Å²) in [5.74, 6) is 0. The molecule has 0 aromatic heterocycles. The molecule has 7 heavy (non-hydrogen) atoms. The summed E-state index contributed by atoms with van der Waals surface area (Å²) in [7, 11) is 0. The van der Waals surface area contributed by atoms with Crippen molar-refractivity contribution in [3.8, 4) is 0 Å². The van der Waals surface area contributed by atoms with Crippen molar-refractivity contribution in [3.63, 3.8) is 0 Å². The summed E-state index contributed by atoms with van der Waals surface area (Å²) in [5.41, 5.74) is -0.563. The van der Waals surface area contributed by atoms with Gasteiger partial charge in [-0.1, -0.05) is 0 Å². The van der Waals surface area contributed by atoms with Gasteiger partial charge < -0.3 is 10.2 Å². The van der Waals surface area contributed by atoms with Crippen LogP contribution in [0.15, 0.2) is 0 Å². The maximum absolute atomic E-state index is 8.44. The van der Waals surface area contributed by atoms with Gasteiger partial charge in [0.1, 0.15) is 0 Å². The van der Waals surface area contributed by atoms with Crippen molar-refractivity contribution in [3.05, 3.63) is 0 Å². The van der Waals surface area contributed by atoms with Crippen LogP contribution in [0.25, 0.3) is 0 Å². The van der Waals surface area contributed by atoms with Gasteiger partial charge in [0.25, 0.3) is 0 Å². The highest BCUT2D eigenvalue weighted by atomic mass is 32.1. The maximum atomic E-state index is 8.44. The topological polar surface area (TPSA) is 40.5 Å². The van der Waals surface area contributed by atoms with E-state index in [1.807, 2.05) is 0 Å². The monoisotopic (exact) mass is 122 g/mol. The Bertz CT molecular complexity index is 38.7. The zero-order valence-corrected chi connectivity index (χ0v) is 4.93. The molecule has 0 aromatic carbocycles. The third-order valence-electron chi connectivity index (χ3n) is 0.620. The molecule has 0 heterocycles. The molecular formula is C4H10O2S. The molecule has 2 N–H and O–H groups in total. The molecule has 44 valence electrons. The predicted molar refractivity (Wildman–Crippen MR) is 31.3 cm³/mol. The lowest BCUT2D eigenvalue weighted by Gasteiger charge is -1.97. The molecule has 0 amide bonds. The van der Waals surface area contributed by atoms with E-state index < -0.39 is 5.44 Å². The Morgan fingerprint density at radius 1 is 1.57 bits per heavy atom. The first-order valence-corrected chi connectivity index (χ1v) is 2.76. The van der Waals surface area contributed by atoms with Crippen molar-refractivity contribution >= 4 is 12.6 Å². The van der Waals surface area contributed by atoms with E-state index in [2.05, 4.69) is 12.6 Å². The van der Waals surface area contributed by atoms with E-state index in [4.69, 9.17) is 10.2 Å². The van der Waals surface area contributed by atoms with Crippen LogP contribution >= 0.6 is 12.6 Å². The molecule has 1 atom stereocenters. The highest BCUT2D eigenvalue weighted by molar-refractivity contribution is 7.80. The average molecular weight is 122 g/mol. The molecule has 0 saturated carbocycles. The molecule has 1 unspecified atom stereocenters. The van der Waals surface area contributed by atoms with Crippen molar-refractivity contribution < 1.29 is 10.2 Å². The molecule has 0 radical (unpaired) electrons. The van der Waals surface area contributed by atoms with Crippen LogP contribution in [0, 0.1) is 0 Å². The molecule has 0 aromatic rings. The first kappa shape index (κ1) is 7.27. The van der Waals surface area contributed by atoms with Crippen LogP contribution in [-0.4, -0.2) is 22.3 Å². The highest BCUT2D eigenvalue weighted by Crippen LogP contribution is 1.97. The lowest BCUT2D eigenvalue weighted by atomic mass is 10.3. The number of hydrogen-bond donors (Lipinski definition) is 3. The zero-order valence-electron chi connectivity index (χ0n) is 4.04. The van der Waals surface area contributed by atoms with Gasteiger partial charge in [-0.3, -0.25) is 0 Å². The summed E-state index contributed by atoms with van der Waals surface area (Å²) in [6, 6.07) is 0. The van der Waals surface area contributed by atoms with E-state index >= 15 is 0 Å². The normalized spacial score (nSPS) is 14.1. The Labute approximate surface area is 48.6 Å². The molecule has 0 fully saturated rings. The number of rotatable bonds is 3. The second kappa shape index (κ2) is 4.43. The van der Waals surface area contributed by atoms with Crippen LogP contribution in [0.4, 0.5) is 0 Å². The van der Waals surface area contributed by atoms with Gasteiger partial charge >= 0.3 is 0 Å². The van der Waals surface area contributed by atoms with Gasteiger partial charge in [-0.2, -0.15) is 0 Å². The highest BCUT2D eigenvalue weighted by Gasteiger charge is 1.91. The number of aliphatic hydroxyl groups excluding tert-OH is 2. The first-order chi connectivity index (χ1) is 3.27. The summed E-state index contributed by atoms with van der Waals surface area (Å²) >= 11 is 3.68. The Morgan fingerprint density at radius 2 is 2.14 bits per heavy atom.